The number of nitrogens with zero attached hydrogens (tertiary/aromatic N) is 1. The van der Waals surface area contributed by atoms with E-state index in [1.54, 1.807) is 6.92 Å². The fourth-order valence-electron chi connectivity index (χ4n) is 1.24. The number of carbonyl (C=O) groups is 1. The van der Waals surface area contributed by atoms with Gasteiger partial charge in [-0.1, -0.05) is 0 Å². The van der Waals surface area contributed by atoms with Gasteiger partial charge < -0.3 is 4.74 Å². The Balaban J connectivity index is 3.39. The van der Waals surface area contributed by atoms with Gasteiger partial charge in [0.05, 0.1) is 20.7 Å². The van der Waals surface area contributed by atoms with Gasteiger partial charge in [-0.3, -0.25) is 14.9 Å². The molecule has 0 radical (unpaired) electrons. The van der Waals surface area contributed by atoms with E-state index in [1.807, 2.05) is 22.6 Å². The summed E-state index contributed by atoms with van der Waals surface area (Å²) in [4.78, 5) is 21.5. The molecule has 0 aliphatic carbocycles. The van der Waals surface area contributed by atoms with Crippen molar-refractivity contribution in [2.24, 2.45) is 0 Å². The first kappa shape index (κ1) is 12.9. The normalized spacial score (nSPS) is 9.94. The number of nitro groups is 1. The minimum absolute atomic E-state index is 0.0990. The van der Waals surface area contributed by atoms with Crippen LogP contribution in [0.2, 0.25) is 0 Å². The molecule has 0 saturated carbocycles. The molecule has 1 rings (SSSR count). The molecule has 0 heterocycles. The Kier molecular flexibility index (Phi) is 4.22. The van der Waals surface area contributed by atoms with Gasteiger partial charge in [-0.05, 0) is 36.4 Å². The number of carbonyl (C=O) groups excluding carboxylic acids is 1. The molecule has 0 spiro atoms. The van der Waals surface area contributed by atoms with Gasteiger partial charge in [0, 0.05) is 12.1 Å². The van der Waals surface area contributed by atoms with Crippen LogP contribution in [0.25, 0.3) is 0 Å². The Labute approximate surface area is 106 Å². The molecule has 0 fully saturated rings. The molecule has 0 N–H and O–H groups in total. The van der Waals surface area contributed by atoms with Gasteiger partial charge in [0.25, 0.3) is 5.69 Å². The van der Waals surface area contributed by atoms with E-state index in [4.69, 9.17) is 4.74 Å². The number of ether oxygens (including phenoxy) is 1. The lowest BCUT2D eigenvalue weighted by molar-refractivity contribution is -0.385. The molecule has 16 heavy (non-hydrogen) atoms. The lowest BCUT2D eigenvalue weighted by Crippen LogP contribution is -2.04. The van der Waals surface area contributed by atoms with Crippen molar-refractivity contribution in [2.75, 3.05) is 6.61 Å². The number of nitro benzene ring substituents is 1. The van der Waals surface area contributed by atoms with Gasteiger partial charge in [-0.2, -0.15) is 0 Å². The molecule has 1 aromatic rings. The molecular weight excluding hydrogens is 325 g/mol. The minimum atomic E-state index is -0.523. The molecule has 0 aromatic heterocycles. The highest BCUT2D eigenvalue weighted by Crippen LogP contribution is 2.31. The predicted octanol–water partition coefficient (Wildman–Crippen LogP) is 2.80. The summed E-state index contributed by atoms with van der Waals surface area (Å²) in [5, 5.41) is 10.6. The largest absolute Gasteiger partial charge is 0.492 e. The third-order valence-corrected chi connectivity index (χ3v) is 2.71. The SMILES string of the molecule is CCOc1c(I)cc([N+](=O)[O-])cc1C(C)=O. The quantitative estimate of drug-likeness (QED) is 0.367. The first-order chi connectivity index (χ1) is 7.47. The summed E-state index contributed by atoms with van der Waals surface area (Å²) in [7, 11) is 0. The molecule has 0 amide bonds. The Morgan fingerprint density at radius 1 is 1.56 bits per heavy atom. The van der Waals surface area contributed by atoms with E-state index in [-0.39, 0.29) is 17.0 Å². The van der Waals surface area contributed by atoms with Crippen molar-refractivity contribution in [1.82, 2.24) is 0 Å². The highest BCUT2D eigenvalue weighted by Gasteiger charge is 2.18. The summed E-state index contributed by atoms with van der Waals surface area (Å²) in [6.07, 6.45) is 0. The number of halogens is 1. The van der Waals surface area contributed by atoms with Crippen molar-refractivity contribution >= 4 is 34.1 Å². The van der Waals surface area contributed by atoms with Crippen molar-refractivity contribution in [2.45, 2.75) is 13.8 Å². The molecule has 0 aliphatic rings. The van der Waals surface area contributed by atoms with Crippen molar-refractivity contribution in [1.29, 1.82) is 0 Å². The highest BCUT2D eigenvalue weighted by atomic mass is 127. The fraction of sp³-hybridized carbons (Fsp3) is 0.300. The number of rotatable bonds is 4. The monoisotopic (exact) mass is 335 g/mol. The van der Waals surface area contributed by atoms with Gasteiger partial charge in [0.15, 0.2) is 5.78 Å². The first-order valence-electron chi connectivity index (χ1n) is 4.59. The van der Waals surface area contributed by atoms with Crippen LogP contribution in [0.5, 0.6) is 5.75 Å². The van der Waals surface area contributed by atoms with Crippen LogP contribution >= 0.6 is 22.6 Å². The zero-order valence-electron chi connectivity index (χ0n) is 8.82. The maximum Gasteiger partial charge on any atom is 0.271 e. The van der Waals surface area contributed by atoms with Gasteiger partial charge in [-0.15, -0.1) is 0 Å². The summed E-state index contributed by atoms with van der Waals surface area (Å²) < 4.78 is 5.88. The average Bonchev–Trinajstić information content (AvgIpc) is 2.20. The maximum atomic E-state index is 11.4. The predicted molar refractivity (Wildman–Crippen MR) is 67.0 cm³/mol. The van der Waals surface area contributed by atoms with Gasteiger partial charge in [-0.25, -0.2) is 0 Å². The van der Waals surface area contributed by atoms with E-state index in [1.165, 1.54) is 19.1 Å². The summed E-state index contributed by atoms with van der Waals surface area (Å²) in [6.45, 7) is 3.56. The number of benzene rings is 1. The van der Waals surface area contributed by atoms with Crippen LogP contribution in [0.1, 0.15) is 24.2 Å². The third kappa shape index (κ3) is 2.69. The van der Waals surface area contributed by atoms with E-state index < -0.39 is 4.92 Å². The van der Waals surface area contributed by atoms with Gasteiger partial charge >= 0.3 is 0 Å². The third-order valence-electron chi connectivity index (χ3n) is 1.91. The van der Waals surface area contributed by atoms with E-state index in [2.05, 4.69) is 0 Å². The van der Waals surface area contributed by atoms with E-state index >= 15 is 0 Å². The van der Waals surface area contributed by atoms with Gasteiger partial charge in [0.2, 0.25) is 0 Å². The summed E-state index contributed by atoms with van der Waals surface area (Å²) in [6, 6.07) is 2.63. The number of non-ortho nitro benzene ring substituents is 1. The molecule has 0 atom stereocenters. The van der Waals surface area contributed by atoms with Crippen molar-refractivity contribution in [3.05, 3.63) is 31.4 Å². The van der Waals surface area contributed by atoms with E-state index in [0.29, 0.717) is 15.9 Å². The van der Waals surface area contributed by atoms with Crippen LogP contribution in [0.4, 0.5) is 5.69 Å². The molecule has 0 aliphatic heterocycles. The van der Waals surface area contributed by atoms with Crippen LogP contribution in [0.3, 0.4) is 0 Å². The maximum absolute atomic E-state index is 11.4. The zero-order chi connectivity index (χ0) is 12.3. The van der Waals surface area contributed by atoms with Crippen molar-refractivity contribution in [3.63, 3.8) is 0 Å². The second-order valence-corrected chi connectivity index (χ2v) is 4.21. The molecule has 0 saturated heterocycles. The highest BCUT2D eigenvalue weighted by molar-refractivity contribution is 14.1. The minimum Gasteiger partial charge on any atom is -0.492 e. The Bertz CT molecular complexity index is 445. The zero-order valence-corrected chi connectivity index (χ0v) is 11.0. The molecule has 1 aromatic carbocycles. The van der Waals surface area contributed by atoms with Crippen LogP contribution in [-0.2, 0) is 0 Å². The van der Waals surface area contributed by atoms with E-state index in [9.17, 15) is 14.9 Å². The molecule has 0 bridgehead atoms. The number of hydrogen-bond donors (Lipinski definition) is 0. The van der Waals surface area contributed by atoms with Crippen LogP contribution < -0.4 is 4.74 Å². The summed E-state index contributed by atoms with van der Waals surface area (Å²) in [5.74, 6) is 0.172. The lowest BCUT2D eigenvalue weighted by atomic mass is 10.1. The van der Waals surface area contributed by atoms with Gasteiger partial charge in [0.1, 0.15) is 5.75 Å². The van der Waals surface area contributed by atoms with Crippen LogP contribution in [-0.4, -0.2) is 17.3 Å². The fourth-order valence-corrected chi connectivity index (χ4v) is 2.00. The Morgan fingerprint density at radius 2 is 2.19 bits per heavy atom. The van der Waals surface area contributed by atoms with Crippen molar-refractivity contribution < 1.29 is 14.5 Å². The number of hydrogen-bond acceptors (Lipinski definition) is 4. The lowest BCUT2D eigenvalue weighted by Gasteiger charge is -2.09. The second kappa shape index (κ2) is 5.24. The first-order valence-corrected chi connectivity index (χ1v) is 5.67. The molecule has 6 heteroatoms. The smallest absolute Gasteiger partial charge is 0.271 e. The molecule has 0 unspecified atom stereocenters. The topological polar surface area (TPSA) is 69.4 Å². The van der Waals surface area contributed by atoms with Crippen LogP contribution in [0, 0.1) is 13.7 Å². The van der Waals surface area contributed by atoms with E-state index in [0.717, 1.165) is 0 Å². The summed E-state index contributed by atoms with van der Waals surface area (Å²) in [5.41, 5.74) is 0.151. The summed E-state index contributed by atoms with van der Waals surface area (Å²) >= 11 is 1.92. The Hall–Kier alpha value is -1.18. The standard InChI is InChI=1S/C10H10INO4/c1-3-16-10-8(6(2)13)4-7(12(14)15)5-9(10)11/h4-5H,3H2,1-2H3. The number of ketones is 1. The molecule has 5 nitrogen and oxygen atoms in total. The Morgan fingerprint density at radius 3 is 2.62 bits per heavy atom. The second-order valence-electron chi connectivity index (χ2n) is 3.05. The molecule has 86 valence electrons. The average molecular weight is 335 g/mol. The van der Waals surface area contributed by atoms with Crippen LogP contribution in [0.15, 0.2) is 12.1 Å². The molecular formula is C10H10INO4. The van der Waals surface area contributed by atoms with Crippen molar-refractivity contribution in [3.8, 4) is 5.75 Å². The number of Topliss-reactive ketones (excluding diaryl/α,β-unsaturated/α-hetero) is 1.